The fourth-order valence-corrected chi connectivity index (χ4v) is 4.26. The average molecular weight is 298 g/mol. The molecule has 0 unspecified atom stereocenters. The van der Waals surface area contributed by atoms with Gasteiger partial charge in [0.1, 0.15) is 0 Å². The van der Waals surface area contributed by atoms with Crippen molar-refractivity contribution in [3.05, 3.63) is 11.8 Å². The zero-order valence-electron chi connectivity index (χ0n) is 11.8. The molecule has 0 radical (unpaired) electrons. The highest BCUT2D eigenvalue weighted by Gasteiger charge is 2.42. The van der Waals surface area contributed by atoms with Crippen LogP contribution in [0.2, 0.25) is 0 Å². The lowest BCUT2D eigenvalue weighted by Gasteiger charge is -2.21. The van der Waals surface area contributed by atoms with Gasteiger partial charge in [-0.15, -0.1) is 0 Å². The first-order valence-corrected chi connectivity index (χ1v) is 8.81. The van der Waals surface area contributed by atoms with Crippen molar-refractivity contribution in [1.82, 2.24) is 19.8 Å². The number of aromatic nitrogens is 2. The molecule has 2 aliphatic rings. The summed E-state index contributed by atoms with van der Waals surface area (Å²) < 4.78 is 27.4. The zero-order chi connectivity index (χ0) is 14.2. The van der Waals surface area contributed by atoms with Gasteiger partial charge in [-0.2, -0.15) is 9.40 Å². The van der Waals surface area contributed by atoms with E-state index in [1.165, 1.54) is 0 Å². The molecule has 2 fully saturated rings. The van der Waals surface area contributed by atoms with E-state index in [2.05, 4.69) is 15.5 Å². The lowest BCUT2D eigenvalue weighted by Crippen LogP contribution is -2.35. The largest absolute Gasteiger partial charge is 0.313 e. The van der Waals surface area contributed by atoms with Crippen LogP contribution < -0.4 is 5.32 Å². The van der Waals surface area contributed by atoms with Crippen LogP contribution in [0.1, 0.15) is 38.2 Å². The summed E-state index contributed by atoms with van der Waals surface area (Å²) in [5.41, 5.74) is 0.730. The summed E-state index contributed by atoms with van der Waals surface area (Å²) in [5, 5.41) is 10.0. The number of rotatable bonds is 8. The Morgan fingerprint density at radius 1 is 1.40 bits per heavy atom. The third kappa shape index (κ3) is 2.89. The number of aromatic amines is 1. The second-order valence-corrected chi connectivity index (χ2v) is 7.58. The Labute approximate surface area is 120 Å². The molecule has 0 amide bonds. The van der Waals surface area contributed by atoms with Gasteiger partial charge in [-0.3, -0.25) is 5.10 Å². The number of sulfonamides is 1. The normalized spacial score (nSPS) is 19.7. The van der Waals surface area contributed by atoms with Crippen molar-refractivity contribution >= 4 is 10.0 Å². The first kappa shape index (κ1) is 14.0. The predicted octanol–water partition coefficient (Wildman–Crippen LogP) is 1.08. The summed E-state index contributed by atoms with van der Waals surface area (Å²) in [6.07, 6.45) is 5.90. The molecule has 0 spiro atoms. The Bertz CT molecular complexity index is 561. The molecule has 7 heteroatoms. The highest BCUT2D eigenvalue weighted by Crippen LogP contribution is 2.38. The van der Waals surface area contributed by atoms with Crippen molar-refractivity contribution in [3.8, 4) is 0 Å². The summed E-state index contributed by atoms with van der Waals surface area (Å²) >= 11 is 0. The molecular formula is C13H22N4O2S. The van der Waals surface area contributed by atoms with Crippen LogP contribution in [0, 0.1) is 5.92 Å². The Hall–Kier alpha value is -0.920. The van der Waals surface area contributed by atoms with Crippen LogP contribution in [0.4, 0.5) is 0 Å². The molecule has 0 aromatic carbocycles. The Kier molecular flexibility index (Phi) is 3.83. The second kappa shape index (κ2) is 5.46. The molecule has 0 atom stereocenters. The fraction of sp³-hybridized carbons (Fsp3) is 0.769. The maximum Gasteiger partial charge on any atom is 0.260 e. The van der Waals surface area contributed by atoms with Crippen LogP contribution in [0.3, 0.4) is 0 Å². The summed E-state index contributed by atoms with van der Waals surface area (Å²) in [4.78, 5) is 0. The van der Waals surface area contributed by atoms with E-state index in [0.717, 1.165) is 37.8 Å². The molecule has 0 saturated heterocycles. The van der Waals surface area contributed by atoms with Crippen LogP contribution >= 0.6 is 0 Å². The van der Waals surface area contributed by atoms with E-state index in [0.29, 0.717) is 19.0 Å². The van der Waals surface area contributed by atoms with Crippen LogP contribution in [0.25, 0.3) is 0 Å². The molecule has 1 heterocycles. The Morgan fingerprint density at radius 2 is 2.15 bits per heavy atom. The Balaban J connectivity index is 1.83. The maximum atomic E-state index is 12.8. The van der Waals surface area contributed by atoms with E-state index in [1.54, 1.807) is 10.5 Å². The van der Waals surface area contributed by atoms with Gasteiger partial charge in [0.05, 0.1) is 6.20 Å². The topological polar surface area (TPSA) is 78.1 Å². The molecule has 3 rings (SSSR count). The zero-order valence-corrected chi connectivity index (χ0v) is 12.6. The summed E-state index contributed by atoms with van der Waals surface area (Å²) in [6, 6.07) is 0.205. The smallest absolute Gasteiger partial charge is 0.260 e. The molecular weight excluding hydrogens is 276 g/mol. The van der Waals surface area contributed by atoms with Gasteiger partial charge in [0.2, 0.25) is 0 Å². The summed E-state index contributed by atoms with van der Waals surface area (Å²) in [7, 11) is -3.44. The monoisotopic (exact) mass is 298 g/mol. The van der Waals surface area contributed by atoms with Gasteiger partial charge in [0.15, 0.2) is 5.03 Å². The lowest BCUT2D eigenvalue weighted by atomic mass is 10.3. The van der Waals surface area contributed by atoms with Crippen LogP contribution in [0.5, 0.6) is 0 Å². The number of hydrogen-bond acceptors (Lipinski definition) is 4. The van der Waals surface area contributed by atoms with Crippen molar-refractivity contribution in [2.45, 2.75) is 50.2 Å². The summed E-state index contributed by atoms with van der Waals surface area (Å²) in [6.45, 7) is 4.01. The third-order valence-electron chi connectivity index (χ3n) is 3.90. The fourth-order valence-electron chi connectivity index (χ4n) is 2.39. The van der Waals surface area contributed by atoms with Gasteiger partial charge < -0.3 is 5.32 Å². The number of hydrogen-bond donors (Lipinski definition) is 2. The van der Waals surface area contributed by atoms with Gasteiger partial charge in [-0.05, 0) is 38.1 Å². The molecule has 6 nitrogen and oxygen atoms in total. The highest BCUT2D eigenvalue weighted by molar-refractivity contribution is 7.89. The number of nitrogens with zero attached hydrogens (tertiary/aromatic N) is 2. The molecule has 20 heavy (non-hydrogen) atoms. The minimum absolute atomic E-state index is 0.205. The number of nitrogens with one attached hydrogen (secondary N) is 2. The minimum atomic E-state index is -3.44. The first-order valence-electron chi connectivity index (χ1n) is 7.37. The SMILES string of the molecule is CCNCc1cn[nH]c1S(=O)(=O)N(CC1CC1)C1CC1. The molecule has 2 saturated carbocycles. The standard InChI is InChI=1S/C13H22N4O2S/c1-2-14-7-11-8-15-16-13(11)20(18,19)17(12-5-6-12)9-10-3-4-10/h8,10,12,14H,2-7,9H2,1H3,(H,15,16). The van der Waals surface area contributed by atoms with Gasteiger partial charge in [0, 0.05) is 24.7 Å². The van der Waals surface area contributed by atoms with E-state index in [4.69, 9.17) is 0 Å². The van der Waals surface area contributed by atoms with E-state index in [1.807, 2.05) is 6.92 Å². The second-order valence-electron chi connectivity index (χ2n) is 5.75. The molecule has 0 aliphatic heterocycles. The van der Waals surface area contributed by atoms with Crippen molar-refractivity contribution in [3.63, 3.8) is 0 Å². The van der Waals surface area contributed by atoms with Crippen molar-refractivity contribution < 1.29 is 8.42 Å². The quantitative estimate of drug-likeness (QED) is 0.753. The van der Waals surface area contributed by atoms with Gasteiger partial charge in [-0.25, -0.2) is 8.42 Å². The van der Waals surface area contributed by atoms with E-state index in [9.17, 15) is 8.42 Å². The lowest BCUT2D eigenvalue weighted by molar-refractivity contribution is 0.386. The van der Waals surface area contributed by atoms with E-state index < -0.39 is 10.0 Å². The van der Waals surface area contributed by atoms with Gasteiger partial charge >= 0.3 is 0 Å². The molecule has 2 aliphatic carbocycles. The van der Waals surface area contributed by atoms with Crippen molar-refractivity contribution in [1.29, 1.82) is 0 Å². The molecule has 2 N–H and O–H groups in total. The van der Waals surface area contributed by atoms with Gasteiger partial charge in [-0.1, -0.05) is 6.92 Å². The minimum Gasteiger partial charge on any atom is -0.313 e. The highest BCUT2D eigenvalue weighted by atomic mass is 32.2. The van der Waals surface area contributed by atoms with Crippen LogP contribution in [0.15, 0.2) is 11.2 Å². The first-order chi connectivity index (χ1) is 9.63. The van der Waals surface area contributed by atoms with Crippen molar-refractivity contribution in [2.75, 3.05) is 13.1 Å². The number of H-pyrrole nitrogens is 1. The predicted molar refractivity (Wildman–Crippen MR) is 75.6 cm³/mol. The molecule has 1 aromatic rings. The summed E-state index contributed by atoms with van der Waals surface area (Å²) in [5.74, 6) is 0.561. The molecule has 112 valence electrons. The molecule has 1 aromatic heterocycles. The van der Waals surface area contributed by atoms with E-state index >= 15 is 0 Å². The van der Waals surface area contributed by atoms with Gasteiger partial charge in [0.25, 0.3) is 10.0 Å². The average Bonchev–Trinajstić information content (AvgIpc) is 3.32. The maximum absolute atomic E-state index is 12.8. The van der Waals surface area contributed by atoms with Crippen LogP contribution in [-0.2, 0) is 16.6 Å². The molecule has 0 bridgehead atoms. The third-order valence-corrected chi connectivity index (χ3v) is 5.83. The van der Waals surface area contributed by atoms with Crippen LogP contribution in [-0.4, -0.2) is 42.1 Å². The Morgan fingerprint density at radius 3 is 2.75 bits per heavy atom. The van der Waals surface area contributed by atoms with E-state index in [-0.39, 0.29) is 11.1 Å². The van der Waals surface area contributed by atoms with Crippen molar-refractivity contribution in [2.24, 2.45) is 5.92 Å².